The molecule has 1 unspecified atom stereocenters. The van der Waals surface area contributed by atoms with Crippen LogP contribution < -0.4 is 4.74 Å². The fourth-order valence-corrected chi connectivity index (χ4v) is 10.5. The van der Waals surface area contributed by atoms with E-state index < -0.39 is 114 Å². The molecule has 16 nitrogen and oxygen atoms in total. The van der Waals surface area contributed by atoms with Crippen LogP contribution in [0.4, 0.5) is 0 Å². The summed E-state index contributed by atoms with van der Waals surface area (Å²) in [6.07, 6.45) is -11.8. The van der Waals surface area contributed by atoms with Gasteiger partial charge in [-0.2, -0.15) is 0 Å². The normalized spacial score (nSPS) is 25.2. The number of ether oxygens (including phenoxy) is 10. The third-order valence-corrected chi connectivity index (χ3v) is 23.3. The third kappa shape index (κ3) is 15.5. The van der Waals surface area contributed by atoms with Gasteiger partial charge in [0.1, 0.15) is 42.9 Å². The van der Waals surface area contributed by atoms with Crippen LogP contribution in [-0.4, -0.2) is 129 Å². The average molecular weight is 1160 g/mol. The zero-order valence-electron chi connectivity index (χ0n) is 43.1. The van der Waals surface area contributed by atoms with E-state index in [4.69, 9.17) is 56.2 Å². The van der Waals surface area contributed by atoms with Gasteiger partial charge in [-0.15, -0.1) is 0 Å². The summed E-state index contributed by atoms with van der Waals surface area (Å²) in [6.45, 7) is 22.4. The summed E-state index contributed by atoms with van der Waals surface area (Å²) in [5.74, 6) is -2.02. The maximum Gasteiger partial charge on any atom is 0.338 e. The van der Waals surface area contributed by atoms with Gasteiger partial charge in [-0.05, 0) is 102 Å². The lowest BCUT2D eigenvalue weighted by Gasteiger charge is -2.50. The second-order valence-corrected chi connectivity index (χ2v) is 31.9. The second kappa shape index (κ2) is 24.7. The van der Waals surface area contributed by atoms with Gasteiger partial charge < -0.3 is 56.2 Å². The van der Waals surface area contributed by atoms with Crippen molar-refractivity contribution < 1.29 is 75.4 Å². The van der Waals surface area contributed by atoms with Crippen LogP contribution in [0.1, 0.15) is 81.7 Å². The number of hydrogen-bond donors (Lipinski definition) is 0. The topological polar surface area (TPSA) is 179 Å². The van der Waals surface area contributed by atoms with Gasteiger partial charge in [0.2, 0.25) is 0 Å². The highest BCUT2D eigenvalue weighted by Crippen LogP contribution is 2.43. The fourth-order valence-electron chi connectivity index (χ4n) is 7.34. The van der Waals surface area contributed by atoms with Gasteiger partial charge in [-0.3, -0.25) is 9.59 Å². The van der Waals surface area contributed by atoms with E-state index in [9.17, 15) is 19.2 Å². The Morgan fingerprint density at radius 2 is 1.00 bits per heavy atom. The molecule has 0 aliphatic carbocycles. The highest BCUT2D eigenvalue weighted by molar-refractivity contribution is 9.10. The van der Waals surface area contributed by atoms with Crippen molar-refractivity contribution in [1.29, 1.82) is 0 Å². The number of carbonyl (C=O) groups excluding carboxylic acids is 4. The van der Waals surface area contributed by atoms with Crippen molar-refractivity contribution in [2.75, 3.05) is 27.4 Å². The van der Waals surface area contributed by atoms with E-state index in [0.29, 0.717) is 5.75 Å². The molecule has 2 saturated heterocycles. The van der Waals surface area contributed by atoms with Gasteiger partial charge in [-0.1, -0.05) is 85.5 Å². The van der Waals surface area contributed by atoms with E-state index in [1.807, 2.05) is 58.1 Å². The molecule has 2 heterocycles. The molecule has 0 N–H and O–H groups in total. The Kier molecular flexibility index (Phi) is 20.3. The molecule has 0 amide bonds. The van der Waals surface area contributed by atoms with E-state index in [1.165, 1.54) is 21.0 Å². The number of hydrogen-bond acceptors (Lipinski definition) is 16. The number of methoxy groups -OCH3 is 2. The van der Waals surface area contributed by atoms with Crippen molar-refractivity contribution in [2.24, 2.45) is 0 Å². The van der Waals surface area contributed by atoms with E-state index in [-0.39, 0.29) is 29.4 Å². The first-order valence-electron chi connectivity index (χ1n) is 23.4. The van der Waals surface area contributed by atoms with Crippen LogP contribution in [0, 0.1) is 0 Å². The van der Waals surface area contributed by atoms with Crippen LogP contribution in [0.15, 0.2) is 81.7 Å². The largest absolute Gasteiger partial charge is 0.497 e. The van der Waals surface area contributed by atoms with Crippen LogP contribution in [0.25, 0.3) is 0 Å². The monoisotopic (exact) mass is 1150 g/mol. The van der Waals surface area contributed by atoms with Crippen LogP contribution >= 0.6 is 31.9 Å². The summed E-state index contributed by atoms with van der Waals surface area (Å²) in [5.41, 5.74) is 1.28. The van der Waals surface area contributed by atoms with Gasteiger partial charge in [0.25, 0.3) is 0 Å². The summed E-state index contributed by atoms with van der Waals surface area (Å²) in [4.78, 5) is 53.7. The average Bonchev–Trinajstić information content (AvgIpc) is 3.28. The van der Waals surface area contributed by atoms with E-state index >= 15 is 0 Å². The minimum absolute atomic E-state index is 0.0754. The Morgan fingerprint density at radius 3 is 1.46 bits per heavy atom. The first-order valence-corrected chi connectivity index (χ1v) is 30.8. The highest BCUT2D eigenvalue weighted by Gasteiger charge is 2.57. The van der Waals surface area contributed by atoms with Crippen LogP contribution in [0.5, 0.6) is 5.75 Å². The number of benzene rings is 3. The second-order valence-electron chi connectivity index (χ2n) is 20.6. The van der Waals surface area contributed by atoms with Gasteiger partial charge >= 0.3 is 23.9 Å². The third-order valence-electron chi connectivity index (χ3n) is 13.3. The molecule has 0 radical (unpaired) electrons. The molecule has 0 bridgehead atoms. The molecule has 2 aliphatic heterocycles. The molecule has 0 spiro atoms. The zero-order valence-corrected chi connectivity index (χ0v) is 48.3. The summed E-state index contributed by atoms with van der Waals surface area (Å²) in [6, 6.07) is 20.6. The van der Waals surface area contributed by atoms with Crippen LogP contribution in [0.2, 0.25) is 36.3 Å². The van der Waals surface area contributed by atoms with E-state index in [0.717, 1.165) is 14.5 Å². The summed E-state index contributed by atoms with van der Waals surface area (Å²) in [5, 5.41) is -0.690. The lowest BCUT2D eigenvalue weighted by Crippen LogP contribution is -2.66. The van der Waals surface area contributed by atoms with Crippen molar-refractivity contribution in [2.45, 2.75) is 160 Å². The first-order chi connectivity index (χ1) is 33.1. The SMILES string of the molecule is COc1ccc(CO[C@H]2[C@H](O[Si](C)(C)C(C)(C)C)[C@@H](OC(C)=O)C(OC)O[C@@H]2CO[C@@H]2O[C@H](COC(=O)c3ccc(Br)cc3)[C@@H](OC(=O)c3ccc(Br)cc3)[C@H](O[Si](C)(C)C(C)(C)C)[C@H]2OC(C)=O)cc1. The summed E-state index contributed by atoms with van der Waals surface area (Å²) in [7, 11) is -2.52. The van der Waals surface area contributed by atoms with Gasteiger partial charge in [0.05, 0.1) is 31.5 Å². The zero-order chi connectivity index (χ0) is 52.6. The van der Waals surface area contributed by atoms with Crippen molar-refractivity contribution in [3.8, 4) is 5.75 Å². The Bertz CT molecular complexity index is 2250. The molecule has 392 valence electrons. The molecule has 3 aromatic carbocycles. The Labute approximate surface area is 436 Å². The number of halogens is 2. The molecule has 20 heteroatoms. The molecule has 10 atom stereocenters. The van der Waals surface area contributed by atoms with Gasteiger partial charge in [0, 0.05) is 29.9 Å². The molecule has 5 rings (SSSR count). The minimum atomic E-state index is -2.86. The lowest BCUT2D eigenvalue weighted by atomic mass is 9.97. The Morgan fingerprint density at radius 1 is 0.549 bits per heavy atom. The lowest BCUT2D eigenvalue weighted by molar-refractivity contribution is -0.331. The number of rotatable bonds is 19. The standard InChI is InChI=1S/C51H70Br2O16Si2/c1-30(54)63-44-42(68-70(11,12)50(3,4)5)40(60-27-32-15-25-37(58-9)26-16-32)38(65-48(44)59-10)29-62-49-45(64-31(2)55)43(69-71(13,14)51(6,7)8)41(67-47(57)34-19-23-36(53)24-20-34)39(66-49)28-61-46(56)33-17-21-35(52)22-18-33/h15-26,38-45,48-49H,27-29H2,1-14H3/t38-,39-,40-,41-,42+,43+,44-,45-,48?,49-/m1/s1. The molecule has 2 fully saturated rings. The Hall–Kier alpha value is -3.55. The molecule has 3 aromatic rings. The Balaban J connectivity index is 1.61. The van der Waals surface area contributed by atoms with E-state index in [2.05, 4.69) is 65.7 Å². The first kappa shape index (κ1) is 58.3. The maximum atomic E-state index is 14.1. The van der Waals surface area contributed by atoms with E-state index in [1.54, 1.807) is 55.6 Å². The highest BCUT2D eigenvalue weighted by atomic mass is 79.9. The van der Waals surface area contributed by atoms with Crippen molar-refractivity contribution in [3.63, 3.8) is 0 Å². The predicted octanol–water partition coefficient (Wildman–Crippen LogP) is 9.94. The molecular weight excluding hydrogens is 1080 g/mol. The van der Waals surface area contributed by atoms with Crippen LogP contribution in [0.3, 0.4) is 0 Å². The molecule has 71 heavy (non-hydrogen) atoms. The maximum absolute atomic E-state index is 14.1. The van der Waals surface area contributed by atoms with Gasteiger partial charge in [0.15, 0.2) is 47.5 Å². The summed E-state index contributed by atoms with van der Waals surface area (Å²) < 4.78 is 78.1. The van der Waals surface area contributed by atoms with Crippen molar-refractivity contribution in [1.82, 2.24) is 0 Å². The molecular formula is C51H70Br2O16Si2. The molecule has 0 aromatic heterocycles. The van der Waals surface area contributed by atoms with Crippen LogP contribution in [-0.2, 0) is 67.7 Å². The predicted molar refractivity (Wildman–Crippen MR) is 275 cm³/mol. The smallest absolute Gasteiger partial charge is 0.338 e. The van der Waals surface area contributed by atoms with Gasteiger partial charge in [-0.25, -0.2) is 9.59 Å². The fraction of sp³-hybridized carbons (Fsp3) is 0.569. The quantitative estimate of drug-likeness (QED) is 0.0628. The summed E-state index contributed by atoms with van der Waals surface area (Å²) >= 11 is 6.82. The molecule has 0 saturated carbocycles. The number of esters is 4. The molecule has 2 aliphatic rings. The number of carbonyl (C=O) groups is 4. The minimum Gasteiger partial charge on any atom is -0.497 e. The van der Waals surface area contributed by atoms with Crippen molar-refractivity contribution >= 4 is 72.4 Å². The van der Waals surface area contributed by atoms with Crippen molar-refractivity contribution in [3.05, 3.63) is 98.4 Å².